The number of ether oxygens (including phenoxy) is 1. The fourth-order valence-electron chi connectivity index (χ4n) is 1.77. The molecule has 0 unspecified atom stereocenters. The Labute approximate surface area is 151 Å². The minimum absolute atomic E-state index is 0.0488. The minimum Gasteiger partial charge on any atom is -0.390 e. The van der Waals surface area contributed by atoms with Crippen LogP contribution in [0.15, 0.2) is 30.0 Å². The van der Waals surface area contributed by atoms with E-state index >= 15 is 0 Å². The molecule has 1 amide bonds. The first-order valence-electron chi connectivity index (χ1n) is 7.46. The van der Waals surface area contributed by atoms with Gasteiger partial charge in [-0.2, -0.15) is 5.26 Å². The van der Waals surface area contributed by atoms with Crippen molar-refractivity contribution in [1.82, 2.24) is 5.32 Å². The van der Waals surface area contributed by atoms with Crippen LogP contribution in [0.5, 0.6) is 0 Å². The van der Waals surface area contributed by atoms with E-state index in [4.69, 9.17) is 10.00 Å². The number of benzene rings is 1. The summed E-state index contributed by atoms with van der Waals surface area (Å²) in [6, 6.07) is 7.63. The van der Waals surface area contributed by atoms with Crippen molar-refractivity contribution >= 4 is 34.2 Å². The molecule has 1 rings (SSSR count). The predicted octanol–water partition coefficient (Wildman–Crippen LogP) is 3.35. The Morgan fingerprint density at radius 2 is 2.22 bits per heavy atom. The highest BCUT2D eigenvalue weighted by Crippen LogP contribution is 2.18. The van der Waals surface area contributed by atoms with E-state index in [1.165, 1.54) is 6.20 Å². The van der Waals surface area contributed by atoms with Crippen LogP contribution in [0.25, 0.3) is 0 Å². The van der Waals surface area contributed by atoms with E-state index in [2.05, 4.69) is 33.2 Å². The molecule has 6 heteroatoms. The lowest BCUT2D eigenvalue weighted by atomic mass is 10.2. The van der Waals surface area contributed by atoms with E-state index in [1.807, 2.05) is 45.0 Å². The van der Waals surface area contributed by atoms with Crippen LogP contribution in [0.3, 0.4) is 0 Å². The molecule has 23 heavy (non-hydrogen) atoms. The first kappa shape index (κ1) is 19.5. The van der Waals surface area contributed by atoms with Gasteiger partial charge in [0.15, 0.2) is 0 Å². The molecule has 0 spiro atoms. The number of carbonyl (C=O) groups is 1. The number of nitrogens with zero attached hydrogens (tertiary/aromatic N) is 1. The van der Waals surface area contributed by atoms with Crippen LogP contribution >= 0.6 is 22.6 Å². The van der Waals surface area contributed by atoms with Crippen molar-refractivity contribution in [2.24, 2.45) is 0 Å². The van der Waals surface area contributed by atoms with Crippen molar-refractivity contribution < 1.29 is 9.53 Å². The van der Waals surface area contributed by atoms with Gasteiger partial charge >= 0.3 is 0 Å². The third-order valence-electron chi connectivity index (χ3n) is 2.96. The summed E-state index contributed by atoms with van der Waals surface area (Å²) < 4.78 is 6.52. The van der Waals surface area contributed by atoms with Gasteiger partial charge in [0.05, 0.1) is 6.10 Å². The Hall–Kier alpha value is -1.59. The standard InChI is InChI=1S/C17H22IN3O2/c1-12(2)23-8-4-7-20-11-14(10-19)17(22)21-16-6-5-15(18)9-13(16)3/h5-6,9,11-12,20H,4,7-8H2,1-3H3,(H,21,22)/b14-11-. The number of rotatable bonds is 8. The highest BCUT2D eigenvalue weighted by molar-refractivity contribution is 14.1. The van der Waals surface area contributed by atoms with Crippen molar-refractivity contribution in [3.63, 3.8) is 0 Å². The topological polar surface area (TPSA) is 74.2 Å². The van der Waals surface area contributed by atoms with Crippen LogP contribution < -0.4 is 10.6 Å². The molecule has 0 atom stereocenters. The number of hydrogen-bond donors (Lipinski definition) is 2. The Bertz CT molecular complexity index is 606. The number of nitriles is 1. The molecule has 0 saturated heterocycles. The van der Waals surface area contributed by atoms with Crippen molar-refractivity contribution in [3.05, 3.63) is 39.1 Å². The zero-order chi connectivity index (χ0) is 17.2. The molecule has 0 heterocycles. The van der Waals surface area contributed by atoms with Gasteiger partial charge in [0, 0.05) is 28.6 Å². The maximum Gasteiger partial charge on any atom is 0.267 e. The third kappa shape index (κ3) is 7.48. The van der Waals surface area contributed by atoms with Gasteiger partial charge in [-0.1, -0.05) is 0 Å². The average Bonchev–Trinajstić information content (AvgIpc) is 2.49. The molecule has 0 aromatic heterocycles. The molecule has 0 aliphatic heterocycles. The molecule has 5 nitrogen and oxygen atoms in total. The molecule has 0 bridgehead atoms. The highest BCUT2D eigenvalue weighted by atomic mass is 127. The summed E-state index contributed by atoms with van der Waals surface area (Å²) in [5.74, 6) is -0.414. The molecule has 0 aliphatic rings. The fourth-order valence-corrected chi connectivity index (χ4v) is 2.42. The Morgan fingerprint density at radius 1 is 1.48 bits per heavy atom. The maximum absolute atomic E-state index is 12.1. The normalized spacial score (nSPS) is 11.2. The first-order valence-corrected chi connectivity index (χ1v) is 8.54. The van der Waals surface area contributed by atoms with Gasteiger partial charge in [0.1, 0.15) is 11.6 Å². The highest BCUT2D eigenvalue weighted by Gasteiger charge is 2.10. The number of carbonyl (C=O) groups excluding carboxylic acids is 1. The molecule has 0 fully saturated rings. The lowest BCUT2D eigenvalue weighted by Crippen LogP contribution is -2.18. The summed E-state index contributed by atoms with van der Waals surface area (Å²) in [7, 11) is 0. The number of aryl methyl sites for hydroxylation is 1. The lowest BCUT2D eigenvalue weighted by molar-refractivity contribution is -0.112. The zero-order valence-corrected chi connectivity index (χ0v) is 15.8. The van der Waals surface area contributed by atoms with E-state index in [9.17, 15) is 4.79 Å². The van der Waals surface area contributed by atoms with Gasteiger partial charge in [-0.15, -0.1) is 0 Å². The molecule has 1 aromatic carbocycles. The number of halogens is 1. The average molecular weight is 427 g/mol. The SMILES string of the molecule is Cc1cc(I)ccc1NC(=O)/C(C#N)=C\NCCCOC(C)C. The summed E-state index contributed by atoms with van der Waals surface area (Å²) in [4.78, 5) is 12.1. The Kier molecular flexibility index (Phi) is 8.66. The lowest BCUT2D eigenvalue weighted by Gasteiger charge is -2.09. The summed E-state index contributed by atoms with van der Waals surface area (Å²) >= 11 is 2.21. The Balaban J connectivity index is 2.51. The minimum atomic E-state index is -0.414. The van der Waals surface area contributed by atoms with Crippen molar-refractivity contribution in [2.75, 3.05) is 18.5 Å². The molecule has 0 aliphatic carbocycles. The van der Waals surface area contributed by atoms with Crippen molar-refractivity contribution in [3.8, 4) is 6.07 Å². The summed E-state index contributed by atoms with van der Waals surface area (Å²) in [5.41, 5.74) is 1.72. The van der Waals surface area contributed by atoms with Crippen LogP contribution in [0, 0.1) is 21.8 Å². The monoisotopic (exact) mass is 427 g/mol. The molecule has 0 saturated carbocycles. The second-order valence-electron chi connectivity index (χ2n) is 5.31. The summed E-state index contributed by atoms with van der Waals surface area (Å²) in [6.07, 6.45) is 2.47. The van der Waals surface area contributed by atoms with Gasteiger partial charge in [-0.05, 0) is 73.5 Å². The number of anilines is 1. The molecule has 2 N–H and O–H groups in total. The van der Waals surface area contributed by atoms with Gasteiger partial charge in [0.25, 0.3) is 5.91 Å². The van der Waals surface area contributed by atoms with Crippen LogP contribution in [-0.4, -0.2) is 25.2 Å². The van der Waals surface area contributed by atoms with Crippen molar-refractivity contribution in [1.29, 1.82) is 5.26 Å². The number of nitrogens with one attached hydrogen (secondary N) is 2. The first-order chi connectivity index (χ1) is 10.9. The van der Waals surface area contributed by atoms with Crippen LogP contribution in [0.2, 0.25) is 0 Å². The van der Waals surface area contributed by atoms with E-state index in [0.29, 0.717) is 18.8 Å². The number of amides is 1. The van der Waals surface area contributed by atoms with Gasteiger partial charge in [-0.25, -0.2) is 0 Å². The molecular weight excluding hydrogens is 405 g/mol. The van der Waals surface area contributed by atoms with Crippen LogP contribution in [-0.2, 0) is 9.53 Å². The number of hydrogen-bond acceptors (Lipinski definition) is 4. The van der Waals surface area contributed by atoms with Crippen molar-refractivity contribution in [2.45, 2.75) is 33.3 Å². The second kappa shape index (κ2) is 10.2. The maximum atomic E-state index is 12.1. The van der Waals surface area contributed by atoms with Crippen LogP contribution in [0.1, 0.15) is 25.8 Å². The largest absolute Gasteiger partial charge is 0.390 e. The predicted molar refractivity (Wildman–Crippen MR) is 99.9 cm³/mol. The molecule has 124 valence electrons. The molecule has 1 aromatic rings. The van der Waals surface area contributed by atoms with E-state index in [1.54, 1.807) is 0 Å². The quantitative estimate of drug-likeness (QED) is 0.289. The smallest absolute Gasteiger partial charge is 0.267 e. The zero-order valence-electron chi connectivity index (χ0n) is 13.6. The van der Waals surface area contributed by atoms with E-state index < -0.39 is 5.91 Å². The van der Waals surface area contributed by atoms with E-state index in [0.717, 1.165) is 15.6 Å². The third-order valence-corrected chi connectivity index (χ3v) is 3.64. The van der Waals surface area contributed by atoms with Crippen LogP contribution in [0.4, 0.5) is 5.69 Å². The summed E-state index contributed by atoms with van der Waals surface area (Å²) in [6.45, 7) is 7.18. The van der Waals surface area contributed by atoms with Gasteiger partial charge < -0.3 is 15.4 Å². The van der Waals surface area contributed by atoms with Gasteiger partial charge in [0.2, 0.25) is 0 Å². The molecular formula is C17H22IN3O2. The Morgan fingerprint density at radius 3 is 2.83 bits per heavy atom. The summed E-state index contributed by atoms with van der Waals surface area (Å²) in [5, 5.41) is 14.9. The second-order valence-corrected chi connectivity index (χ2v) is 6.56. The fraction of sp³-hybridized carbons (Fsp3) is 0.412. The molecule has 0 radical (unpaired) electrons. The van der Waals surface area contributed by atoms with Gasteiger partial charge in [-0.3, -0.25) is 4.79 Å². The van der Waals surface area contributed by atoms with E-state index in [-0.39, 0.29) is 11.7 Å².